The standard InChI is InChI=1S/C29H25ClN4O4S/c1-2-37-24-14-18(13-23(30)27(24)38-17-26(35)33-20-8-4-3-5-9-20)12-19(15-31)28(36)34-29-22(16-32)21-10-6-7-11-25(21)39-29/h3-5,8-9,12-14H,2,6-7,10-11,17H2,1H3,(H,33,35)(H,34,36)/b19-12+. The smallest absolute Gasteiger partial charge is 0.266 e. The van der Waals surface area contributed by atoms with Crippen LogP contribution >= 0.6 is 22.9 Å². The van der Waals surface area contributed by atoms with Gasteiger partial charge in [-0.2, -0.15) is 10.5 Å². The molecule has 0 aliphatic heterocycles. The molecule has 198 valence electrons. The summed E-state index contributed by atoms with van der Waals surface area (Å²) in [5.74, 6) is -0.567. The molecule has 8 nitrogen and oxygen atoms in total. The highest BCUT2D eigenvalue weighted by atomic mass is 35.5. The fourth-order valence-corrected chi connectivity index (χ4v) is 5.70. The number of halogens is 1. The molecule has 4 rings (SSSR count). The van der Waals surface area contributed by atoms with E-state index in [0.717, 1.165) is 36.1 Å². The van der Waals surface area contributed by atoms with Gasteiger partial charge < -0.3 is 20.1 Å². The molecule has 0 spiro atoms. The summed E-state index contributed by atoms with van der Waals surface area (Å²) in [5.41, 5.74) is 2.36. The Morgan fingerprint density at radius 2 is 1.87 bits per heavy atom. The summed E-state index contributed by atoms with van der Waals surface area (Å²) in [6, 6.07) is 16.2. The molecule has 0 unspecified atom stereocenters. The number of aryl methyl sites for hydroxylation is 1. The third-order valence-corrected chi connectivity index (χ3v) is 7.41. The molecular weight excluding hydrogens is 536 g/mol. The molecular formula is C29H25ClN4O4S. The minimum Gasteiger partial charge on any atom is -0.490 e. The molecule has 0 bridgehead atoms. The van der Waals surface area contributed by atoms with E-state index < -0.39 is 5.91 Å². The van der Waals surface area contributed by atoms with Gasteiger partial charge in [-0.1, -0.05) is 29.8 Å². The zero-order valence-corrected chi connectivity index (χ0v) is 22.7. The Morgan fingerprint density at radius 3 is 2.59 bits per heavy atom. The number of hydrogen-bond donors (Lipinski definition) is 2. The molecule has 1 aromatic heterocycles. The van der Waals surface area contributed by atoms with Crippen LogP contribution in [0.2, 0.25) is 5.02 Å². The maximum Gasteiger partial charge on any atom is 0.266 e. The molecule has 2 N–H and O–H groups in total. The number of hydrogen-bond acceptors (Lipinski definition) is 7. The first kappa shape index (κ1) is 27.7. The molecule has 0 radical (unpaired) electrons. The molecule has 1 aliphatic carbocycles. The average Bonchev–Trinajstić information content (AvgIpc) is 3.28. The van der Waals surface area contributed by atoms with Gasteiger partial charge in [-0.05, 0) is 74.1 Å². The molecule has 0 fully saturated rings. The third-order valence-electron chi connectivity index (χ3n) is 5.92. The first-order valence-electron chi connectivity index (χ1n) is 12.3. The van der Waals surface area contributed by atoms with Crippen molar-refractivity contribution in [1.82, 2.24) is 0 Å². The minimum absolute atomic E-state index is 0.148. The fraction of sp³-hybridized carbons (Fsp3) is 0.241. The number of ether oxygens (including phenoxy) is 2. The van der Waals surface area contributed by atoms with Crippen molar-refractivity contribution in [3.05, 3.63) is 74.6 Å². The topological polar surface area (TPSA) is 124 Å². The number of para-hydroxylation sites is 1. The molecule has 1 heterocycles. The van der Waals surface area contributed by atoms with E-state index in [4.69, 9.17) is 21.1 Å². The van der Waals surface area contributed by atoms with Gasteiger partial charge in [0.05, 0.1) is 17.2 Å². The van der Waals surface area contributed by atoms with E-state index in [1.807, 2.05) is 12.1 Å². The van der Waals surface area contributed by atoms with Crippen molar-refractivity contribution in [2.45, 2.75) is 32.6 Å². The lowest BCUT2D eigenvalue weighted by Crippen LogP contribution is -2.20. The van der Waals surface area contributed by atoms with Gasteiger partial charge in [0.1, 0.15) is 22.7 Å². The fourth-order valence-electron chi connectivity index (χ4n) is 4.19. The van der Waals surface area contributed by atoms with Gasteiger partial charge in [-0.3, -0.25) is 9.59 Å². The zero-order chi connectivity index (χ0) is 27.8. The van der Waals surface area contributed by atoms with Gasteiger partial charge in [0.25, 0.3) is 11.8 Å². The summed E-state index contributed by atoms with van der Waals surface area (Å²) in [4.78, 5) is 26.4. The molecule has 0 atom stereocenters. The van der Waals surface area contributed by atoms with Crippen molar-refractivity contribution < 1.29 is 19.1 Å². The Morgan fingerprint density at radius 1 is 1.10 bits per heavy atom. The second-order valence-corrected chi connectivity index (χ2v) is 10.1. The third kappa shape index (κ3) is 6.77. The Hall–Kier alpha value is -4.31. The van der Waals surface area contributed by atoms with Gasteiger partial charge >= 0.3 is 0 Å². The lowest BCUT2D eigenvalue weighted by molar-refractivity contribution is -0.118. The number of carbonyl (C=O) groups is 2. The van der Waals surface area contributed by atoms with E-state index in [1.165, 1.54) is 23.5 Å². The molecule has 10 heteroatoms. The lowest BCUT2D eigenvalue weighted by atomic mass is 9.96. The number of fused-ring (bicyclic) bond motifs is 1. The Labute approximate surface area is 235 Å². The SMILES string of the molecule is CCOc1cc(/C=C(\C#N)C(=O)Nc2sc3c(c2C#N)CCCC3)cc(Cl)c1OCC(=O)Nc1ccccc1. The molecule has 2 amide bonds. The van der Waals surface area contributed by atoms with E-state index >= 15 is 0 Å². The van der Waals surface area contributed by atoms with Crippen LogP contribution in [0.1, 0.15) is 41.3 Å². The number of rotatable bonds is 9. The predicted octanol–water partition coefficient (Wildman–Crippen LogP) is 6.11. The normalized spacial score (nSPS) is 12.5. The van der Waals surface area contributed by atoms with Crippen molar-refractivity contribution in [3.63, 3.8) is 0 Å². The molecule has 0 saturated carbocycles. The van der Waals surface area contributed by atoms with E-state index in [0.29, 0.717) is 28.4 Å². The zero-order valence-electron chi connectivity index (χ0n) is 21.2. The van der Waals surface area contributed by atoms with Crippen molar-refractivity contribution in [2.75, 3.05) is 23.8 Å². The van der Waals surface area contributed by atoms with Crippen molar-refractivity contribution in [1.29, 1.82) is 10.5 Å². The van der Waals surface area contributed by atoms with Crippen LogP contribution < -0.4 is 20.1 Å². The van der Waals surface area contributed by atoms with Crippen LogP contribution in [0.5, 0.6) is 11.5 Å². The highest BCUT2D eigenvalue weighted by Crippen LogP contribution is 2.39. The van der Waals surface area contributed by atoms with E-state index in [-0.39, 0.29) is 34.6 Å². The number of nitrogens with zero attached hydrogens (tertiary/aromatic N) is 2. The van der Waals surface area contributed by atoms with Crippen LogP contribution in [0.25, 0.3) is 6.08 Å². The van der Waals surface area contributed by atoms with Crippen LogP contribution in [0.4, 0.5) is 10.7 Å². The van der Waals surface area contributed by atoms with Crippen molar-refractivity contribution >= 4 is 51.5 Å². The van der Waals surface area contributed by atoms with Gasteiger partial charge in [0.15, 0.2) is 18.1 Å². The number of nitrogens with one attached hydrogen (secondary N) is 2. The quantitative estimate of drug-likeness (QED) is 0.240. The van der Waals surface area contributed by atoms with E-state index in [9.17, 15) is 20.1 Å². The molecule has 0 saturated heterocycles. The average molecular weight is 561 g/mol. The first-order valence-corrected chi connectivity index (χ1v) is 13.5. The van der Waals surface area contributed by atoms with Crippen LogP contribution in [0.3, 0.4) is 0 Å². The highest BCUT2D eigenvalue weighted by Gasteiger charge is 2.23. The number of anilines is 2. The summed E-state index contributed by atoms with van der Waals surface area (Å²) in [6.07, 6.45) is 5.14. The maximum absolute atomic E-state index is 13.0. The highest BCUT2D eigenvalue weighted by molar-refractivity contribution is 7.16. The van der Waals surface area contributed by atoms with E-state index in [1.54, 1.807) is 37.3 Å². The largest absolute Gasteiger partial charge is 0.490 e. The van der Waals surface area contributed by atoms with Gasteiger partial charge in [0, 0.05) is 10.6 Å². The number of benzene rings is 2. The summed E-state index contributed by atoms with van der Waals surface area (Å²) >= 11 is 7.85. The molecule has 2 aromatic carbocycles. The number of carbonyl (C=O) groups excluding carboxylic acids is 2. The summed E-state index contributed by atoms with van der Waals surface area (Å²) < 4.78 is 11.3. The Balaban J connectivity index is 1.52. The van der Waals surface area contributed by atoms with Crippen LogP contribution in [-0.4, -0.2) is 25.0 Å². The Kier molecular flexibility index (Phi) is 9.22. The van der Waals surface area contributed by atoms with E-state index in [2.05, 4.69) is 16.7 Å². The van der Waals surface area contributed by atoms with Crippen molar-refractivity contribution in [3.8, 4) is 23.6 Å². The summed E-state index contributed by atoms with van der Waals surface area (Å²) in [6.45, 7) is 1.77. The summed E-state index contributed by atoms with van der Waals surface area (Å²) in [5, 5.41) is 25.4. The lowest BCUT2D eigenvalue weighted by Gasteiger charge is -2.14. The summed E-state index contributed by atoms with van der Waals surface area (Å²) in [7, 11) is 0. The monoisotopic (exact) mass is 560 g/mol. The molecule has 3 aromatic rings. The van der Waals surface area contributed by atoms with Gasteiger partial charge in [-0.25, -0.2) is 0 Å². The second-order valence-electron chi connectivity index (χ2n) is 8.62. The van der Waals surface area contributed by atoms with Gasteiger partial charge in [0.2, 0.25) is 0 Å². The second kappa shape index (κ2) is 13.0. The van der Waals surface area contributed by atoms with Crippen LogP contribution in [-0.2, 0) is 22.4 Å². The van der Waals surface area contributed by atoms with Crippen molar-refractivity contribution in [2.24, 2.45) is 0 Å². The maximum atomic E-state index is 13.0. The molecule has 39 heavy (non-hydrogen) atoms. The van der Waals surface area contributed by atoms with Crippen LogP contribution in [0, 0.1) is 22.7 Å². The number of nitriles is 2. The van der Waals surface area contributed by atoms with Crippen LogP contribution in [0.15, 0.2) is 48.0 Å². The molecule has 1 aliphatic rings. The Bertz CT molecular complexity index is 1500. The predicted molar refractivity (Wildman–Crippen MR) is 151 cm³/mol. The first-order chi connectivity index (χ1) is 18.9. The minimum atomic E-state index is -0.625. The van der Waals surface area contributed by atoms with Gasteiger partial charge in [-0.15, -0.1) is 11.3 Å². The number of amides is 2. The number of thiophene rings is 1.